The highest BCUT2D eigenvalue weighted by Crippen LogP contribution is 2.26. The number of carbonyl (C=O) groups excluding carboxylic acids is 1. The number of hydrogen-bond donors (Lipinski definition) is 2. The molecule has 128 valence electrons. The minimum Gasteiger partial charge on any atom is -0.372 e. The van der Waals surface area contributed by atoms with E-state index < -0.39 is 5.60 Å². The largest absolute Gasteiger partial charge is 0.372 e. The van der Waals surface area contributed by atoms with E-state index in [2.05, 4.69) is 10.6 Å². The van der Waals surface area contributed by atoms with Crippen LogP contribution < -0.4 is 10.6 Å². The van der Waals surface area contributed by atoms with Crippen LogP contribution in [0.4, 0.5) is 14.9 Å². The van der Waals surface area contributed by atoms with Crippen LogP contribution in [0.2, 0.25) is 0 Å². The average Bonchev–Trinajstić information content (AvgIpc) is 2.56. The number of methoxy groups -OCH3 is 1. The fraction of sp³-hybridized carbons (Fsp3) is 0.316. The highest BCUT2D eigenvalue weighted by atomic mass is 19.1. The molecule has 0 spiro atoms. The van der Waals surface area contributed by atoms with Gasteiger partial charge in [-0.2, -0.15) is 0 Å². The van der Waals surface area contributed by atoms with Crippen molar-refractivity contribution in [1.82, 2.24) is 5.32 Å². The average molecular weight is 330 g/mol. The van der Waals surface area contributed by atoms with Gasteiger partial charge in [-0.15, -0.1) is 0 Å². The Balaban J connectivity index is 2.03. The Morgan fingerprint density at radius 1 is 1.17 bits per heavy atom. The van der Waals surface area contributed by atoms with Crippen LogP contribution in [0.1, 0.15) is 23.6 Å². The lowest BCUT2D eigenvalue weighted by molar-refractivity contribution is 0.00235. The van der Waals surface area contributed by atoms with E-state index in [0.717, 1.165) is 11.1 Å². The topological polar surface area (TPSA) is 50.4 Å². The van der Waals surface area contributed by atoms with Crippen LogP contribution in [0, 0.1) is 19.7 Å². The number of amides is 2. The van der Waals surface area contributed by atoms with Crippen LogP contribution in [0.3, 0.4) is 0 Å². The summed E-state index contributed by atoms with van der Waals surface area (Å²) in [6.45, 7) is 5.87. The fourth-order valence-corrected chi connectivity index (χ4v) is 2.41. The maximum Gasteiger partial charge on any atom is 0.319 e. The number of benzene rings is 2. The molecular weight excluding hydrogens is 307 g/mol. The van der Waals surface area contributed by atoms with E-state index in [4.69, 9.17) is 4.74 Å². The van der Waals surface area contributed by atoms with Gasteiger partial charge in [-0.3, -0.25) is 0 Å². The first-order chi connectivity index (χ1) is 11.4. The summed E-state index contributed by atoms with van der Waals surface area (Å²) in [5.74, 6) is -0.363. The third-order valence-corrected chi connectivity index (χ3v) is 4.25. The lowest BCUT2D eigenvalue weighted by atomic mass is 9.95. The molecule has 1 atom stereocenters. The fourth-order valence-electron chi connectivity index (χ4n) is 2.41. The van der Waals surface area contributed by atoms with Crippen LogP contribution in [-0.4, -0.2) is 19.7 Å². The second-order valence-corrected chi connectivity index (χ2v) is 6.02. The van der Waals surface area contributed by atoms with Crippen LogP contribution >= 0.6 is 0 Å². The molecule has 0 aliphatic carbocycles. The predicted molar refractivity (Wildman–Crippen MR) is 93.7 cm³/mol. The van der Waals surface area contributed by atoms with Crippen molar-refractivity contribution >= 4 is 11.7 Å². The van der Waals surface area contributed by atoms with Crippen molar-refractivity contribution in [3.8, 4) is 0 Å². The second-order valence-electron chi connectivity index (χ2n) is 6.02. The Morgan fingerprint density at radius 2 is 1.88 bits per heavy atom. The molecule has 0 aliphatic heterocycles. The number of anilines is 1. The first-order valence-electron chi connectivity index (χ1n) is 7.78. The van der Waals surface area contributed by atoms with Crippen molar-refractivity contribution in [2.75, 3.05) is 19.0 Å². The lowest BCUT2D eigenvalue weighted by Crippen LogP contribution is -2.42. The number of ether oxygens (including phenoxy) is 1. The van der Waals surface area contributed by atoms with Crippen LogP contribution in [0.25, 0.3) is 0 Å². The SMILES string of the molecule is COC(C)(CNC(=O)Nc1ccc(C)c(C)c1)c1ccccc1F. The zero-order valence-electron chi connectivity index (χ0n) is 14.4. The Morgan fingerprint density at radius 3 is 2.50 bits per heavy atom. The van der Waals surface area contributed by atoms with E-state index in [1.165, 1.54) is 13.2 Å². The van der Waals surface area contributed by atoms with E-state index >= 15 is 0 Å². The molecular formula is C19H23FN2O2. The van der Waals surface area contributed by atoms with Crippen LogP contribution in [0.15, 0.2) is 42.5 Å². The van der Waals surface area contributed by atoms with Gasteiger partial charge in [-0.1, -0.05) is 24.3 Å². The standard InChI is InChI=1S/C19H23FN2O2/c1-13-9-10-15(11-14(13)2)22-18(23)21-12-19(3,24-4)16-7-5-6-8-17(16)20/h5-11H,12H2,1-4H3,(H2,21,22,23). The van der Waals surface area contributed by atoms with Gasteiger partial charge in [0.15, 0.2) is 0 Å². The second kappa shape index (κ2) is 7.45. The summed E-state index contributed by atoms with van der Waals surface area (Å²) in [6.07, 6.45) is 0. The molecule has 0 bridgehead atoms. The van der Waals surface area contributed by atoms with Gasteiger partial charge in [-0.25, -0.2) is 9.18 Å². The first-order valence-corrected chi connectivity index (χ1v) is 7.78. The van der Waals surface area contributed by atoms with E-state index in [0.29, 0.717) is 11.3 Å². The third-order valence-electron chi connectivity index (χ3n) is 4.25. The monoisotopic (exact) mass is 330 g/mol. The number of carbonyl (C=O) groups is 1. The van der Waals surface area contributed by atoms with E-state index in [1.807, 2.05) is 32.0 Å². The maximum atomic E-state index is 14.0. The molecule has 5 heteroatoms. The molecule has 2 aromatic carbocycles. The summed E-state index contributed by atoms with van der Waals surface area (Å²) in [4.78, 5) is 12.1. The van der Waals surface area contributed by atoms with Gasteiger partial charge in [-0.05, 0) is 50.1 Å². The molecule has 0 heterocycles. The number of aryl methyl sites for hydroxylation is 2. The van der Waals surface area contributed by atoms with Gasteiger partial charge in [0.1, 0.15) is 11.4 Å². The van der Waals surface area contributed by atoms with Gasteiger partial charge >= 0.3 is 6.03 Å². The van der Waals surface area contributed by atoms with Gasteiger partial charge in [0.2, 0.25) is 0 Å². The molecule has 24 heavy (non-hydrogen) atoms. The summed E-state index contributed by atoms with van der Waals surface area (Å²) >= 11 is 0. The Bertz CT molecular complexity index is 733. The van der Waals surface area contributed by atoms with Gasteiger partial charge in [0.05, 0.1) is 6.54 Å². The number of hydrogen-bond acceptors (Lipinski definition) is 2. The molecule has 2 amide bonds. The highest BCUT2D eigenvalue weighted by molar-refractivity contribution is 5.89. The summed E-state index contributed by atoms with van der Waals surface area (Å²) in [5.41, 5.74) is 2.42. The summed E-state index contributed by atoms with van der Waals surface area (Å²) in [6, 6.07) is 11.7. The Hall–Kier alpha value is -2.40. The Kier molecular flexibility index (Phi) is 5.57. The van der Waals surface area contributed by atoms with Gasteiger partial charge < -0.3 is 15.4 Å². The van der Waals surface area contributed by atoms with E-state index in [9.17, 15) is 9.18 Å². The Labute approximate surface area is 142 Å². The number of halogens is 1. The molecule has 0 fully saturated rings. The molecule has 0 radical (unpaired) electrons. The molecule has 2 N–H and O–H groups in total. The molecule has 0 aliphatic rings. The first kappa shape index (κ1) is 17.9. The normalized spacial score (nSPS) is 13.2. The smallest absolute Gasteiger partial charge is 0.319 e. The third kappa shape index (κ3) is 4.11. The number of urea groups is 1. The molecule has 2 aromatic rings. The van der Waals surface area contributed by atoms with Crippen molar-refractivity contribution < 1.29 is 13.9 Å². The van der Waals surface area contributed by atoms with E-state index in [-0.39, 0.29) is 18.4 Å². The summed E-state index contributed by atoms with van der Waals surface area (Å²) < 4.78 is 19.5. The molecule has 2 rings (SSSR count). The summed E-state index contributed by atoms with van der Waals surface area (Å²) in [5, 5.41) is 5.51. The van der Waals surface area contributed by atoms with Crippen molar-refractivity contribution in [2.45, 2.75) is 26.4 Å². The predicted octanol–water partition coefficient (Wildman–Crippen LogP) is 4.13. The zero-order chi connectivity index (χ0) is 17.7. The van der Waals surface area contributed by atoms with Gasteiger partial charge in [0.25, 0.3) is 0 Å². The van der Waals surface area contributed by atoms with Crippen molar-refractivity contribution in [1.29, 1.82) is 0 Å². The van der Waals surface area contributed by atoms with Crippen molar-refractivity contribution in [2.24, 2.45) is 0 Å². The van der Waals surface area contributed by atoms with Crippen LogP contribution in [0.5, 0.6) is 0 Å². The summed E-state index contributed by atoms with van der Waals surface area (Å²) in [7, 11) is 1.50. The number of nitrogens with one attached hydrogen (secondary N) is 2. The molecule has 4 nitrogen and oxygen atoms in total. The minimum absolute atomic E-state index is 0.140. The maximum absolute atomic E-state index is 14.0. The minimum atomic E-state index is -0.953. The lowest BCUT2D eigenvalue weighted by Gasteiger charge is -2.29. The van der Waals surface area contributed by atoms with Crippen molar-refractivity contribution in [3.63, 3.8) is 0 Å². The molecule has 0 saturated carbocycles. The highest BCUT2D eigenvalue weighted by Gasteiger charge is 2.29. The van der Waals surface area contributed by atoms with Crippen molar-refractivity contribution in [3.05, 3.63) is 65.0 Å². The molecule has 0 aromatic heterocycles. The number of rotatable bonds is 5. The van der Waals surface area contributed by atoms with Crippen LogP contribution in [-0.2, 0) is 10.3 Å². The van der Waals surface area contributed by atoms with Gasteiger partial charge in [0, 0.05) is 18.4 Å². The van der Waals surface area contributed by atoms with E-state index in [1.54, 1.807) is 25.1 Å². The zero-order valence-corrected chi connectivity index (χ0v) is 14.4. The molecule has 0 saturated heterocycles. The quantitative estimate of drug-likeness (QED) is 0.866. The molecule has 1 unspecified atom stereocenters.